The molecule has 1 amide bonds. The van der Waals surface area contributed by atoms with Crippen molar-refractivity contribution in [2.75, 3.05) is 14.2 Å². The first-order valence-electron chi connectivity index (χ1n) is 7.44. The molecule has 0 unspecified atom stereocenters. The first kappa shape index (κ1) is 18.3. The Morgan fingerprint density at radius 1 is 1.12 bits per heavy atom. The van der Waals surface area contributed by atoms with Crippen LogP contribution in [0.4, 0.5) is 4.39 Å². The maximum absolute atomic E-state index is 13.3. The Bertz CT molecular complexity index is 778. The highest BCUT2D eigenvalue weighted by molar-refractivity contribution is 5.94. The summed E-state index contributed by atoms with van der Waals surface area (Å²) in [5.74, 6) is -1.31. The van der Waals surface area contributed by atoms with E-state index in [1.165, 1.54) is 32.4 Å². The van der Waals surface area contributed by atoms with Crippen LogP contribution < -0.4 is 14.8 Å². The maximum atomic E-state index is 13.3. The van der Waals surface area contributed by atoms with Gasteiger partial charge >= 0.3 is 5.97 Å². The molecular formula is C18H18FNO5. The highest BCUT2D eigenvalue weighted by Gasteiger charge is 2.20. The number of halogens is 1. The fraction of sp³-hybridized carbons (Fsp3) is 0.222. The monoisotopic (exact) mass is 347 g/mol. The fourth-order valence-corrected chi connectivity index (χ4v) is 2.37. The minimum Gasteiger partial charge on any atom is -0.493 e. The predicted octanol–water partition coefficient (Wildman–Crippen LogP) is 2.79. The molecule has 2 aromatic rings. The van der Waals surface area contributed by atoms with E-state index in [4.69, 9.17) is 14.6 Å². The van der Waals surface area contributed by atoms with Crippen molar-refractivity contribution < 1.29 is 28.6 Å². The topological polar surface area (TPSA) is 84.9 Å². The number of benzene rings is 2. The molecule has 2 aromatic carbocycles. The summed E-state index contributed by atoms with van der Waals surface area (Å²) in [6.07, 6.45) is -0.337. The molecule has 0 aliphatic carbocycles. The number of hydrogen-bond acceptors (Lipinski definition) is 4. The molecule has 7 heteroatoms. The minimum absolute atomic E-state index is 0.107. The first-order valence-corrected chi connectivity index (χ1v) is 7.44. The lowest BCUT2D eigenvalue weighted by molar-refractivity contribution is -0.137. The van der Waals surface area contributed by atoms with Crippen LogP contribution >= 0.6 is 0 Å². The van der Waals surface area contributed by atoms with Crippen LogP contribution in [0, 0.1) is 5.82 Å². The lowest BCUT2D eigenvalue weighted by atomic mass is 10.0. The van der Waals surface area contributed by atoms with Gasteiger partial charge in [0.15, 0.2) is 11.5 Å². The number of methoxy groups -OCH3 is 2. The average Bonchev–Trinajstić information content (AvgIpc) is 2.60. The lowest BCUT2D eigenvalue weighted by Gasteiger charge is -2.19. The molecule has 0 saturated carbocycles. The zero-order valence-electron chi connectivity index (χ0n) is 13.8. The second kappa shape index (κ2) is 8.14. The molecule has 0 saturated heterocycles. The van der Waals surface area contributed by atoms with Gasteiger partial charge in [-0.2, -0.15) is 0 Å². The van der Waals surface area contributed by atoms with E-state index in [0.29, 0.717) is 17.1 Å². The summed E-state index contributed by atoms with van der Waals surface area (Å²) < 4.78 is 23.6. The van der Waals surface area contributed by atoms with E-state index in [0.717, 1.165) is 6.07 Å². The van der Waals surface area contributed by atoms with Crippen LogP contribution in [0.1, 0.15) is 28.4 Å². The molecule has 0 heterocycles. The molecule has 1 atom stereocenters. The number of nitrogens with one attached hydrogen (secondary N) is 1. The normalized spacial score (nSPS) is 11.5. The number of rotatable bonds is 7. The number of carboxylic acids is 1. The maximum Gasteiger partial charge on any atom is 0.305 e. The van der Waals surface area contributed by atoms with Crippen molar-refractivity contribution in [1.29, 1.82) is 0 Å². The molecule has 25 heavy (non-hydrogen) atoms. The summed E-state index contributed by atoms with van der Waals surface area (Å²) in [6, 6.07) is 9.21. The Morgan fingerprint density at radius 3 is 2.44 bits per heavy atom. The highest BCUT2D eigenvalue weighted by Crippen LogP contribution is 2.31. The number of carbonyl (C=O) groups is 2. The number of carbonyl (C=O) groups excluding carboxylic acids is 1. The molecule has 2 rings (SSSR count). The van der Waals surface area contributed by atoms with Crippen molar-refractivity contribution in [3.8, 4) is 11.5 Å². The molecule has 0 aromatic heterocycles. The van der Waals surface area contributed by atoms with Crippen LogP contribution in [0.3, 0.4) is 0 Å². The van der Waals surface area contributed by atoms with E-state index in [-0.39, 0.29) is 12.0 Å². The smallest absolute Gasteiger partial charge is 0.305 e. The molecule has 2 N–H and O–H groups in total. The van der Waals surface area contributed by atoms with E-state index >= 15 is 0 Å². The highest BCUT2D eigenvalue weighted by atomic mass is 19.1. The largest absolute Gasteiger partial charge is 0.493 e. The van der Waals surface area contributed by atoms with Crippen LogP contribution in [0.25, 0.3) is 0 Å². The summed E-state index contributed by atoms with van der Waals surface area (Å²) in [5.41, 5.74) is 0.640. The van der Waals surface area contributed by atoms with Crippen molar-refractivity contribution in [1.82, 2.24) is 5.32 Å². The lowest BCUT2D eigenvalue weighted by Crippen LogP contribution is -2.30. The second-order valence-corrected chi connectivity index (χ2v) is 5.25. The molecule has 132 valence electrons. The van der Waals surface area contributed by atoms with Gasteiger partial charge in [0.2, 0.25) is 0 Å². The zero-order valence-corrected chi connectivity index (χ0v) is 13.8. The van der Waals surface area contributed by atoms with Gasteiger partial charge in [-0.15, -0.1) is 0 Å². The number of amides is 1. The Morgan fingerprint density at radius 2 is 1.84 bits per heavy atom. The first-order chi connectivity index (χ1) is 11.9. The van der Waals surface area contributed by atoms with E-state index < -0.39 is 23.7 Å². The molecule has 0 aliphatic rings. The van der Waals surface area contributed by atoms with Crippen molar-refractivity contribution in [2.24, 2.45) is 0 Å². The third-order valence-electron chi connectivity index (χ3n) is 3.58. The van der Waals surface area contributed by atoms with Gasteiger partial charge in [0.1, 0.15) is 5.82 Å². The molecule has 0 fully saturated rings. The van der Waals surface area contributed by atoms with E-state index in [1.54, 1.807) is 18.2 Å². The molecule has 0 radical (unpaired) electrons. The average molecular weight is 347 g/mol. The van der Waals surface area contributed by atoms with Gasteiger partial charge in [-0.25, -0.2) is 4.39 Å². The third-order valence-corrected chi connectivity index (χ3v) is 3.58. The Hall–Kier alpha value is -3.09. The summed E-state index contributed by atoms with van der Waals surface area (Å²) in [7, 11) is 2.94. The van der Waals surface area contributed by atoms with Crippen molar-refractivity contribution in [3.05, 3.63) is 59.4 Å². The van der Waals surface area contributed by atoms with Gasteiger partial charge in [-0.1, -0.05) is 12.1 Å². The SMILES string of the molecule is COc1ccc([C@@H](CC(=O)O)NC(=O)c2cccc(F)c2)cc1OC. The number of carboxylic acid groups (broad SMARTS) is 1. The summed E-state index contributed by atoms with van der Waals surface area (Å²) >= 11 is 0. The van der Waals surface area contributed by atoms with Crippen LogP contribution in [-0.4, -0.2) is 31.2 Å². The second-order valence-electron chi connectivity index (χ2n) is 5.25. The van der Waals surface area contributed by atoms with E-state index in [9.17, 15) is 14.0 Å². The van der Waals surface area contributed by atoms with Crippen LogP contribution in [0.15, 0.2) is 42.5 Å². The van der Waals surface area contributed by atoms with Crippen molar-refractivity contribution in [3.63, 3.8) is 0 Å². The predicted molar refractivity (Wildman–Crippen MR) is 88.4 cm³/mol. The minimum atomic E-state index is -1.08. The van der Waals surface area contributed by atoms with Crippen molar-refractivity contribution in [2.45, 2.75) is 12.5 Å². The van der Waals surface area contributed by atoms with Gasteiger partial charge in [-0.05, 0) is 35.9 Å². The van der Waals surface area contributed by atoms with E-state index in [1.807, 2.05) is 0 Å². The Labute approximate surface area is 144 Å². The Balaban J connectivity index is 2.30. The summed E-state index contributed by atoms with van der Waals surface area (Å²) in [4.78, 5) is 23.5. The van der Waals surface area contributed by atoms with Gasteiger partial charge in [0.05, 0.1) is 26.7 Å². The van der Waals surface area contributed by atoms with E-state index in [2.05, 4.69) is 5.32 Å². The zero-order chi connectivity index (χ0) is 18.4. The molecule has 6 nitrogen and oxygen atoms in total. The van der Waals surface area contributed by atoms with Crippen LogP contribution in [-0.2, 0) is 4.79 Å². The third kappa shape index (κ3) is 4.69. The van der Waals surface area contributed by atoms with Gasteiger partial charge in [0, 0.05) is 5.56 Å². The molecular weight excluding hydrogens is 329 g/mol. The summed E-state index contributed by atoms with van der Waals surface area (Å²) in [6.45, 7) is 0. The van der Waals surface area contributed by atoms with Crippen LogP contribution in [0.2, 0.25) is 0 Å². The number of aliphatic carboxylic acids is 1. The standard InChI is InChI=1S/C18H18FNO5/c1-24-15-7-6-11(9-16(15)25-2)14(10-17(21)22)20-18(23)12-4-3-5-13(19)8-12/h3-9,14H,10H2,1-2H3,(H,20,23)(H,21,22)/t14-/m1/s1. The Kier molecular flexibility index (Phi) is 5.94. The fourth-order valence-electron chi connectivity index (χ4n) is 2.37. The van der Waals surface area contributed by atoms with Gasteiger partial charge in [-0.3, -0.25) is 9.59 Å². The quantitative estimate of drug-likeness (QED) is 0.804. The van der Waals surface area contributed by atoms with Gasteiger partial charge in [0.25, 0.3) is 5.91 Å². The van der Waals surface area contributed by atoms with Gasteiger partial charge < -0.3 is 19.9 Å². The number of ether oxygens (including phenoxy) is 2. The van der Waals surface area contributed by atoms with Crippen molar-refractivity contribution >= 4 is 11.9 Å². The van der Waals surface area contributed by atoms with Crippen LogP contribution in [0.5, 0.6) is 11.5 Å². The number of hydrogen-bond donors (Lipinski definition) is 2. The molecule has 0 bridgehead atoms. The molecule has 0 spiro atoms. The summed E-state index contributed by atoms with van der Waals surface area (Å²) in [5, 5.41) is 11.7. The molecule has 0 aliphatic heterocycles.